The van der Waals surface area contributed by atoms with E-state index in [1.807, 2.05) is 0 Å². The van der Waals surface area contributed by atoms with E-state index in [-0.39, 0.29) is 18.1 Å². The van der Waals surface area contributed by atoms with Gasteiger partial charge >= 0.3 is 5.97 Å². The van der Waals surface area contributed by atoms with E-state index < -0.39 is 23.7 Å². The van der Waals surface area contributed by atoms with E-state index in [9.17, 15) is 14.0 Å². The van der Waals surface area contributed by atoms with Gasteiger partial charge in [0, 0.05) is 5.56 Å². The Morgan fingerprint density at radius 3 is 2.71 bits per heavy atom. The van der Waals surface area contributed by atoms with Crippen LogP contribution in [-0.4, -0.2) is 29.6 Å². The molecule has 0 saturated carbocycles. The van der Waals surface area contributed by atoms with Gasteiger partial charge in [0.2, 0.25) is 0 Å². The molecular formula is C15H16FNO4. The van der Waals surface area contributed by atoms with Gasteiger partial charge in [-0.05, 0) is 30.2 Å². The minimum Gasteiger partial charge on any atom is -0.488 e. The highest BCUT2D eigenvalue weighted by Gasteiger charge is 2.26. The second-order valence-corrected chi connectivity index (χ2v) is 5.17. The highest BCUT2D eigenvalue weighted by Crippen LogP contribution is 2.27. The molecule has 6 heteroatoms. The van der Waals surface area contributed by atoms with Crippen molar-refractivity contribution in [3.05, 3.63) is 35.2 Å². The first-order valence-electron chi connectivity index (χ1n) is 6.55. The summed E-state index contributed by atoms with van der Waals surface area (Å²) in [4.78, 5) is 23.2. The number of benzene rings is 1. The number of ether oxygens (including phenoxy) is 1. The molecule has 0 fully saturated rings. The number of halogens is 1. The van der Waals surface area contributed by atoms with Crippen molar-refractivity contribution < 1.29 is 23.8 Å². The van der Waals surface area contributed by atoms with Crippen LogP contribution in [0.2, 0.25) is 0 Å². The zero-order valence-electron chi connectivity index (χ0n) is 11.7. The third-order valence-corrected chi connectivity index (χ3v) is 3.20. The van der Waals surface area contributed by atoms with Gasteiger partial charge in [0.25, 0.3) is 5.91 Å². The highest BCUT2D eigenvalue weighted by atomic mass is 19.1. The fourth-order valence-electron chi connectivity index (χ4n) is 2.03. The van der Waals surface area contributed by atoms with Crippen molar-refractivity contribution in [3.63, 3.8) is 0 Å². The van der Waals surface area contributed by atoms with Crippen LogP contribution in [0.25, 0.3) is 6.08 Å². The Balaban J connectivity index is 2.19. The summed E-state index contributed by atoms with van der Waals surface area (Å²) < 4.78 is 18.6. The molecule has 112 valence electrons. The number of fused-ring (bicyclic) bond motifs is 1. The van der Waals surface area contributed by atoms with Crippen LogP contribution < -0.4 is 10.1 Å². The van der Waals surface area contributed by atoms with E-state index in [1.165, 1.54) is 24.3 Å². The van der Waals surface area contributed by atoms with Gasteiger partial charge in [-0.25, -0.2) is 9.18 Å². The molecule has 0 spiro atoms. The summed E-state index contributed by atoms with van der Waals surface area (Å²) in [5, 5.41) is 11.5. The highest BCUT2D eigenvalue weighted by molar-refractivity contribution is 6.00. The Labute approximate surface area is 121 Å². The molecule has 5 nitrogen and oxygen atoms in total. The maximum atomic E-state index is 13.2. The summed E-state index contributed by atoms with van der Waals surface area (Å²) in [5.41, 5.74) is 0.725. The number of rotatable bonds is 4. The first-order valence-corrected chi connectivity index (χ1v) is 6.55. The predicted molar refractivity (Wildman–Crippen MR) is 74.3 cm³/mol. The van der Waals surface area contributed by atoms with Crippen LogP contribution in [0.4, 0.5) is 4.39 Å². The SMILES string of the molecule is CC(C)[C@@H](NC(=O)C1=Cc2cc(F)ccc2OC1)C(=O)O. The van der Waals surface area contributed by atoms with Crippen LogP contribution in [0.5, 0.6) is 5.75 Å². The summed E-state index contributed by atoms with van der Waals surface area (Å²) in [5.74, 6) is -1.80. The largest absolute Gasteiger partial charge is 0.488 e. The third-order valence-electron chi connectivity index (χ3n) is 3.20. The van der Waals surface area contributed by atoms with Crippen molar-refractivity contribution in [1.29, 1.82) is 0 Å². The molecule has 1 aromatic rings. The van der Waals surface area contributed by atoms with Crippen molar-refractivity contribution in [2.24, 2.45) is 5.92 Å². The molecule has 2 N–H and O–H groups in total. The lowest BCUT2D eigenvalue weighted by Gasteiger charge is -2.21. The fraction of sp³-hybridized carbons (Fsp3) is 0.333. The molecule has 21 heavy (non-hydrogen) atoms. The van der Waals surface area contributed by atoms with Gasteiger partial charge in [-0.15, -0.1) is 0 Å². The quantitative estimate of drug-likeness (QED) is 0.888. The molecule has 1 aliphatic rings. The molecular weight excluding hydrogens is 277 g/mol. The van der Waals surface area contributed by atoms with E-state index in [0.717, 1.165) is 0 Å². The van der Waals surface area contributed by atoms with Gasteiger partial charge in [0.1, 0.15) is 24.2 Å². The maximum Gasteiger partial charge on any atom is 0.326 e. The van der Waals surface area contributed by atoms with Crippen LogP contribution in [0, 0.1) is 11.7 Å². The number of nitrogens with one attached hydrogen (secondary N) is 1. The second kappa shape index (κ2) is 5.95. The fourth-order valence-corrected chi connectivity index (χ4v) is 2.03. The minimum atomic E-state index is -1.10. The molecule has 2 rings (SSSR count). The lowest BCUT2D eigenvalue weighted by Crippen LogP contribution is -2.45. The van der Waals surface area contributed by atoms with Gasteiger partial charge in [-0.1, -0.05) is 13.8 Å². The lowest BCUT2D eigenvalue weighted by atomic mass is 10.0. The summed E-state index contributed by atoms with van der Waals surface area (Å²) in [6.07, 6.45) is 1.51. The zero-order chi connectivity index (χ0) is 15.6. The van der Waals surface area contributed by atoms with E-state index in [0.29, 0.717) is 11.3 Å². The van der Waals surface area contributed by atoms with Crippen LogP contribution in [-0.2, 0) is 9.59 Å². The van der Waals surface area contributed by atoms with Crippen LogP contribution in [0.15, 0.2) is 23.8 Å². The van der Waals surface area contributed by atoms with Gasteiger partial charge in [-0.2, -0.15) is 0 Å². The van der Waals surface area contributed by atoms with Crippen LogP contribution >= 0.6 is 0 Å². The van der Waals surface area contributed by atoms with Gasteiger partial charge < -0.3 is 15.2 Å². The van der Waals surface area contributed by atoms with E-state index in [1.54, 1.807) is 13.8 Å². The number of amides is 1. The average molecular weight is 293 g/mol. The third kappa shape index (κ3) is 3.39. The number of hydrogen-bond acceptors (Lipinski definition) is 3. The van der Waals surface area contributed by atoms with E-state index in [2.05, 4.69) is 5.32 Å². The maximum absolute atomic E-state index is 13.2. The Hall–Kier alpha value is -2.37. The van der Waals surface area contributed by atoms with E-state index >= 15 is 0 Å². The van der Waals surface area contributed by atoms with Gasteiger partial charge in [-0.3, -0.25) is 4.79 Å². The number of hydrogen-bond donors (Lipinski definition) is 2. The number of aliphatic carboxylic acids is 1. The molecule has 0 aliphatic carbocycles. The molecule has 1 heterocycles. The van der Waals surface area contributed by atoms with Gasteiger partial charge in [0.15, 0.2) is 0 Å². The Bertz CT molecular complexity index is 610. The molecule has 0 saturated heterocycles. The lowest BCUT2D eigenvalue weighted by molar-refractivity contribution is -0.142. The van der Waals surface area contributed by atoms with E-state index in [4.69, 9.17) is 9.84 Å². The van der Waals surface area contributed by atoms with Crippen molar-refractivity contribution in [2.75, 3.05) is 6.61 Å². The minimum absolute atomic E-state index is 0.0227. The summed E-state index contributed by atoms with van der Waals surface area (Å²) in [7, 11) is 0. The molecule has 1 aromatic carbocycles. The van der Waals surface area contributed by atoms with Crippen LogP contribution in [0.3, 0.4) is 0 Å². The van der Waals surface area contributed by atoms with Crippen molar-refractivity contribution in [1.82, 2.24) is 5.32 Å². The average Bonchev–Trinajstić information content (AvgIpc) is 2.42. The normalized spacial score (nSPS) is 14.8. The Kier molecular flexibility index (Phi) is 4.26. The standard InChI is InChI=1S/C15H16FNO4/c1-8(2)13(15(19)20)17-14(18)10-5-9-6-11(16)3-4-12(9)21-7-10/h3-6,8,13H,7H2,1-2H3,(H,17,18)(H,19,20)/t13-/m1/s1. The molecule has 0 bridgehead atoms. The summed E-state index contributed by atoms with van der Waals surface area (Å²) in [6.45, 7) is 3.43. The molecule has 0 aromatic heterocycles. The van der Waals surface area contributed by atoms with Crippen molar-refractivity contribution in [2.45, 2.75) is 19.9 Å². The molecule has 1 aliphatic heterocycles. The first kappa shape index (κ1) is 15.0. The smallest absolute Gasteiger partial charge is 0.326 e. The number of carboxylic acid groups (broad SMARTS) is 1. The Morgan fingerprint density at radius 2 is 2.10 bits per heavy atom. The summed E-state index contributed by atoms with van der Waals surface area (Å²) in [6, 6.07) is 3.05. The van der Waals surface area contributed by atoms with Crippen LogP contribution in [0.1, 0.15) is 19.4 Å². The number of carboxylic acids is 1. The van der Waals surface area contributed by atoms with Gasteiger partial charge in [0.05, 0.1) is 5.57 Å². The molecule has 0 unspecified atom stereocenters. The van der Waals surface area contributed by atoms with Crippen molar-refractivity contribution in [3.8, 4) is 5.75 Å². The zero-order valence-corrected chi connectivity index (χ0v) is 11.7. The number of carbonyl (C=O) groups is 2. The topological polar surface area (TPSA) is 75.6 Å². The number of carbonyl (C=O) groups excluding carboxylic acids is 1. The molecule has 1 atom stereocenters. The second-order valence-electron chi connectivity index (χ2n) is 5.17. The monoisotopic (exact) mass is 293 g/mol. The van der Waals surface area contributed by atoms with Crippen molar-refractivity contribution >= 4 is 18.0 Å². The predicted octanol–water partition coefficient (Wildman–Crippen LogP) is 1.83. The summed E-state index contributed by atoms with van der Waals surface area (Å²) >= 11 is 0. The molecule has 1 amide bonds. The molecule has 0 radical (unpaired) electrons. The first-order chi connectivity index (χ1) is 9.88. The Morgan fingerprint density at radius 1 is 1.38 bits per heavy atom.